The molecule has 1 aliphatic rings. The van der Waals surface area contributed by atoms with Gasteiger partial charge in [-0.1, -0.05) is 12.8 Å². The molecule has 0 atom stereocenters. The van der Waals surface area contributed by atoms with Crippen molar-refractivity contribution in [1.82, 2.24) is 0 Å². The second-order valence-electron chi connectivity index (χ2n) is 4.18. The number of furan rings is 1. The Labute approximate surface area is 95.2 Å². The molecule has 94 valence electrons. The number of carboxylic acid groups (broad SMARTS) is 1. The molecule has 0 radical (unpaired) electrons. The number of carboxylic acids is 1. The van der Waals surface area contributed by atoms with E-state index in [1.807, 2.05) is 0 Å². The SMILES string of the molecule is O=C(O)c1cc(C2CCCC2)oc1C(F)(F)F. The van der Waals surface area contributed by atoms with Crippen LogP contribution in [-0.4, -0.2) is 11.1 Å². The Morgan fingerprint density at radius 1 is 1.35 bits per heavy atom. The summed E-state index contributed by atoms with van der Waals surface area (Å²) in [7, 11) is 0. The smallest absolute Gasteiger partial charge is 0.450 e. The number of hydrogen-bond donors (Lipinski definition) is 1. The van der Waals surface area contributed by atoms with Gasteiger partial charge in [0.15, 0.2) is 0 Å². The minimum Gasteiger partial charge on any atom is -0.478 e. The van der Waals surface area contributed by atoms with Gasteiger partial charge in [-0.3, -0.25) is 0 Å². The van der Waals surface area contributed by atoms with Crippen LogP contribution in [0, 0.1) is 0 Å². The van der Waals surface area contributed by atoms with Crippen molar-refractivity contribution in [3.8, 4) is 0 Å². The van der Waals surface area contributed by atoms with Crippen molar-refractivity contribution >= 4 is 5.97 Å². The summed E-state index contributed by atoms with van der Waals surface area (Å²) in [5, 5.41) is 8.73. The van der Waals surface area contributed by atoms with Crippen LogP contribution in [-0.2, 0) is 6.18 Å². The van der Waals surface area contributed by atoms with Crippen LogP contribution in [0.1, 0.15) is 53.5 Å². The number of halogens is 3. The summed E-state index contributed by atoms with van der Waals surface area (Å²) in [5.74, 6) is -2.94. The molecule has 0 saturated heterocycles. The molecule has 0 amide bonds. The van der Waals surface area contributed by atoms with Crippen molar-refractivity contribution in [1.29, 1.82) is 0 Å². The third-order valence-electron chi connectivity index (χ3n) is 3.00. The monoisotopic (exact) mass is 248 g/mol. The third-order valence-corrected chi connectivity index (χ3v) is 3.00. The zero-order valence-corrected chi connectivity index (χ0v) is 8.88. The van der Waals surface area contributed by atoms with Crippen molar-refractivity contribution in [2.24, 2.45) is 0 Å². The van der Waals surface area contributed by atoms with Gasteiger partial charge in [-0.2, -0.15) is 13.2 Å². The van der Waals surface area contributed by atoms with Crippen LogP contribution in [0.25, 0.3) is 0 Å². The standard InChI is InChI=1S/C11H11F3O3/c12-11(13,14)9-7(10(15)16)5-8(17-9)6-3-1-2-4-6/h5-6H,1-4H2,(H,15,16). The maximum absolute atomic E-state index is 12.6. The molecule has 1 heterocycles. The highest BCUT2D eigenvalue weighted by atomic mass is 19.4. The van der Waals surface area contributed by atoms with Crippen molar-refractivity contribution < 1.29 is 27.5 Å². The molecule has 1 fully saturated rings. The molecule has 17 heavy (non-hydrogen) atoms. The average Bonchev–Trinajstić information content (AvgIpc) is 2.85. The second kappa shape index (κ2) is 4.09. The number of rotatable bonds is 2. The van der Waals surface area contributed by atoms with E-state index in [1.54, 1.807) is 0 Å². The van der Waals surface area contributed by atoms with Crippen molar-refractivity contribution in [2.75, 3.05) is 0 Å². The molecule has 3 nitrogen and oxygen atoms in total. The van der Waals surface area contributed by atoms with Crippen molar-refractivity contribution in [3.63, 3.8) is 0 Å². The van der Waals surface area contributed by atoms with Crippen LogP contribution in [0.2, 0.25) is 0 Å². The van der Waals surface area contributed by atoms with Crippen LogP contribution in [0.5, 0.6) is 0 Å². The molecule has 1 saturated carbocycles. The summed E-state index contributed by atoms with van der Waals surface area (Å²) in [6.45, 7) is 0. The van der Waals surface area contributed by atoms with Gasteiger partial charge < -0.3 is 9.52 Å². The molecule has 0 bridgehead atoms. The fraction of sp³-hybridized carbons (Fsp3) is 0.545. The first-order valence-corrected chi connectivity index (χ1v) is 5.34. The lowest BCUT2D eigenvalue weighted by atomic mass is 10.0. The normalized spacial score (nSPS) is 17.6. The van der Waals surface area contributed by atoms with Crippen molar-refractivity contribution in [2.45, 2.75) is 37.8 Å². The first kappa shape index (κ1) is 12.0. The largest absolute Gasteiger partial charge is 0.478 e. The first-order valence-electron chi connectivity index (χ1n) is 5.34. The van der Waals surface area contributed by atoms with Gasteiger partial charge in [0.2, 0.25) is 5.76 Å². The van der Waals surface area contributed by atoms with E-state index in [2.05, 4.69) is 0 Å². The minimum atomic E-state index is -4.76. The van der Waals surface area contributed by atoms with Gasteiger partial charge in [-0.25, -0.2) is 4.79 Å². The van der Waals surface area contributed by atoms with E-state index in [0.29, 0.717) is 0 Å². The molecule has 0 aliphatic heterocycles. The van der Waals surface area contributed by atoms with Crippen LogP contribution >= 0.6 is 0 Å². The Kier molecular flexibility index (Phi) is 2.89. The van der Waals surface area contributed by atoms with Gasteiger partial charge in [0.1, 0.15) is 11.3 Å². The Balaban J connectivity index is 2.40. The Morgan fingerprint density at radius 2 is 1.94 bits per heavy atom. The van der Waals surface area contributed by atoms with Crippen LogP contribution < -0.4 is 0 Å². The predicted molar refractivity (Wildman–Crippen MR) is 51.9 cm³/mol. The van der Waals surface area contributed by atoms with E-state index in [0.717, 1.165) is 31.7 Å². The molecule has 0 spiro atoms. The molecular weight excluding hydrogens is 237 g/mol. The van der Waals surface area contributed by atoms with E-state index in [1.165, 1.54) is 0 Å². The minimum absolute atomic E-state index is 0.0794. The van der Waals surface area contributed by atoms with Gasteiger partial charge in [0.25, 0.3) is 0 Å². The van der Waals surface area contributed by atoms with Crippen LogP contribution in [0.4, 0.5) is 13.2 Å². The molecule has 1 aliphatic carbocycles. The Hall–Kier alpha value is -1.46. The molecule has 2 rings (SSSR count). The maximum atomic E-state index is 12.6. The average molecular weight is 248 g/mol. The lowest BCUT2D eigenvalue weighted by molar-refractivity contribution is -0.154. The summed E-state index contributed by atoms with van der Waals surface area (Å²) in [4.78, 5) is 10.7. The Bertz CT molecular complexity index is 428. The van der Waals surface area contributed by atoms with Gasteiger partial charge >= 0.3 is 12.1 Å². The highest BCUT2D eigenvalue weighted by Crippen LogP contribution is 2.40. The second-order valence-corrected chi connectivity index (χ2v) is 4.18. The molecule has 1 aromatic heterocycles. The van der Waals surface area contributed by atoms with E-state index < -0.39 is 23.5 Å². The zero-order valence-electron chi connectivity index (χ0n) is 8.88. The number of hydrogen-bond acceptors (Lipinski definition) is 2. The van der Waals surface area contributed by atoms with E-state index in [4.69, 9.17) is 9.52 Å². The van der Waals surface area contributed by atoms with Crippen molar-refractivity contribution in [3.05, 3.63) is 23.2 Å². The molecule has 0 unspecified atom stereocenters. The highest BCUT2D eigenvalue weighted by Gasteiger charge is 2.41. The summed E-state index contributed by atoms with van der Waals surface area (Å²) in [6, 6.07) is 1.02. The molecular formula is C11H11F3O3. The lowest BCUT2D eigenvalue weighted by Gasteiger charge is -2.05. The van der Waals surface area contributed by atoms with Gasteiger partial charge in [0.05, 0.1) is 0 Å². The van der Waals surface area contributed by atoms with E-state index >= 15 is 0 Å². The predicted octanol–water partition coefficient (Wildman–Crippen LogP) is 3.65. The third kappa shape index (κ3) is 2.30. The molecule has 0 aromatic carbocycles. The first-order chi connectivity index (χ1) is 7.89. The van der Waals surface area contributed by atoms with E-state index in [9.17, 15) is 18.0 Å². The summed E-state index contributed by atoms with van der Waals surface area (Å²) >= 11 is 0. The maximum Gasteiger partial charge on any atom is 0.450 e. The van der Waals surface area contributed by atoms with Crippen LogP contribution in [0.15, 0.2) is 10.5 Å². The highest BCUT2D eigenvalue weighted by molar-refractivity contribution is 5.89. The molecule has 6 heteroatoms. The summed E-state index contributed by atoms with van der Waals surface area (Å²) in [5.41, 5.74) is -0.792. The van der Waals surface area contributed by atoms with Crippen LogP contribution in [0.3, 0.4) is 0 Å². The lowest BCUT2D eigenvalue weighted by Crippen LogP contribution is -2.09. The zero-order chi connectivity index (χ0) is 12.6. The van der Waals surface area contributed by atoms with Gasteiger partial charge in [-0.15, -0.1) is 0 Å². The number of alkyl halides is 3. The van der Waals surface area contributed by atoms with Gasteiger partial charge in [0, 0.05) is 5.92 Å². The van der Waals surface area contributed by atoms with Gasteiger partial charge in [-0.05, 0) is 18.9 Å². The fourth-order valence-corrected chi connectivity index (χ4v) is 2.19. The quantitative estimate of drug-likeness (QED) is 0.868. The molecule has 1 aromatic rings. The number of carbonyl (C=O) groups is 1. The van der Waals surface area contributed by atoms with E-state index in [-0.39, 0.29) is 11.7 Å². The fourth-order valence-electron chi connectivity index (χ4n) is 2.19. The topological polar surface area (TPSA) is 50.4 Å². The summed E-state index contributed by atoms with van der Waals surface area (Å²) < 4.78 is 42.4. The summed E-state index contributed by atoms with van der Waals surface area (Å²) in [6.07, 6.45) is -1.37. The Morgan fingerprint density at radius 3 is 2.35 bits per heavy atom. The molecule has 1 N–H and O–H groups in total. The number of aromatic carboxylic acids is 1.